The highest BCUT2D eigenvalue weighted by Crippen LogP contribution is 2.44. The summed E-state index contributed by atoms with van der Waals surface area (Å²) in [5, 5.41) is 11.1. The summed E-state index contributed by atoms with van der Waals surface area (Å²) in [5.41, 5.74) is -1.91. The molecule has 2 heterocycles. The van der Waals surface area contributed by atoms with Gasteiger partial charge >= 0.3 is 6.18 Å². The molecule has 198 valence electrons. The lowest BCUT2D eigenvalue weighted by molar-refractivity contribution is -0.252. The molecule has 1 aliphatic heterocycles. The molecular weight excluding hydrogens is 498 g/mol. The van der Waals surface area contributed by atoms with E-state index < -0.39 is 29.0 Å². The number of benzene rings is 3. The number of aromatic nitrogens is 2. The van der Waals surface area contributed by atoms with Gasteiger partial charge in [0.25, 0.3) is 5.91 Å². The van der Waals surface area contributed by atoms with Crippen LogP contribution in [0.4, 0.5) is 17.6 Å². The number of carbonyl (C=O) groups excluding carboxylic acids is 1. The molecule has 1 amide bonds. The fourth-order valence-electron chi connectivity index (χ4n) is 5.29. The van der Waals surface area contributed by atoms with Gasteiger partial charge in [-0.1, -0.05) is 42.5 Å². The summed E-state index contributed by atoms with van der Waals surface area (Å²) >= 11 is 0. The van der Waals surface area contributed by atoms with Crippen molar-refractivity contribution in [1.82, 2.24) is 14.5 Å². The highest BCUT2D eigenvalue weighted by Gasteiger charge is 2.59. The second-order valence-electron chi connectivity index (χ2n) is 9.58. The Labute approximate surface area is 217 Å². The van der Waals surface area contributed by atoms with Gasteiger partial charge in [0.05, 0.1) is 11.0 Å². The summed E-state index contributed by atoms with van der Waals surface area (Å²) in [4.78, 5) is 19.2. The number of piperidine rings is 1. The quantitative estimate of drug-likeness (QED) is 0.325. The monoisotopic (exact) mass is 525 g/mol. The summed E-state index contributed by atoms with van der Waals surface area (Å²) < 4.78 is 57.8. The van der Waals surface area contributed by atoms with E-state index in [1.807, 2.05) is 18.2 Å². The lowest BCUT2D eigenvalue weighted by Gasteiger charge is -2.32. The van der Waals surface area contributed by atoms with Gasteiger partial charge in [-0.25, -0.2) is 9.37 Å². The van der Waals surface area contributed by atoms with Crippen LogP contribution in [0, 0.1) is 5.82 Å². The van der Waals surface area contributed by atoms with Crippen molar-refractivity contribution >= 4 is 16.9 Å². The molecule has 1 aromatic heterocycles. The van der Waals surface area contributed by atoms with Crippen molar-refractivity contribution in [3.63, 3.8) is 0 Å². The number of aryl methyl sites for hydroxylation is 1. The van der Waals surface area contributed by atoms with Crippen LogP contribution in [0.25, 0.3) is 11.0 Å². The SMILES string of the molecule is CCn1c(C(O)(c2ccc(F)cc2)C(F)(F)F)nc2ccc(C(=O)N3CCC(c4ccccc4)CC3)cc21. The van der Waals surface area contributed by atoms with Gasteiger partial charge in [-0.15, -0.1) is 0 Å². The predicted molar refractivity (Wildman–Crippen MR) is 135 cm³/mol. The minimum atomic E-state index is -5.14. The lowest BCUT2D eigenvalue weighted by Crippen LogP contribution is -2.45. The van der Waals surface area contributed by atoms with E-state index in [4.69, 9.17) is 0 Å². The molecule has 9 heteroatoms. The molecule has 0 radical (unpaired) electrons. The van der Waals surface area contributed by atoms with Crippen LogP contribution in [0.3, 0.4) is 0 Å². The third-order valence-corrected chi connectivity index (χ3v) is 7.36. The maximum atomic E-state index is 14.4. The number of fused-ring (bicyclic) bond motifs is 1. The van der Waals surface area contributed by atoms with Gasteiger partial charge in [0, 0.05) is 30.8 Å². The third-order valence-electron chi connectivity index (χ3n) is 7.36. The largest absolute Gasteiger partial charge is 0.428 e. The third kappa shape index (κ3) is 4.45. The van der Waals surface area contributed by atoms with Crippen molar-refractivity contribution in [3.05, 3.63) is 101 Å². The number of carbonyl (C=O) groups is 1. The minimum absolute atomic E-state index is 0.0610. The molecule has 0 bridgehead atoms. The minimum Gasteiger partial charge on any atom is -0.370 e. The number of amides is 1. The topological polar surface area (TPSA) is 58.4 Å². The van der Waals surface area contributed by atoms with Crippen LogP contribution in [0.5, 0.6) is 0 Å². The first-order valence-corrected chi connectivity index (χ1v) is 12.5. The van der Waals surface area contributed by atoms with E-state index in [0.717, 1.165) is 37.1 Å². The first-order valence-electron chi connectivity index (χ1n) is 12.5. The maximum absolute atomic E-state index is 14.4. The number of hydrogen-bond donors (Lipinski definition) is 1. The molecule has 1 atom stereocenters. The van der Waals surface area contributed by atoms with Crippen LogP contribution in [-0.2, 0) is 12.1 Å². The smallest absolute Gasteiger partial charge is 0.370 e. The van der Waals surface area contributed by atoms with Crippen molar-refractivity contribution in [3.8, 4) is 0 Å². The van der Waals surface area contributed by atoms with Crippen LogP contribution in [-0.4, -0.2) is 44.7 Å². The molecule has 38 heavy (non-hydrogen) atoms. The van der Waals surface area contributed by atoms with Crippen LogP contribution in [0.2, 0.25) is 0 Å². The molecular formula is C29H27F4N3O2. The first-order chi connectivity index (χ1) is 18.1. The molecule has 4 aromatic rings. The van der Waals surface area contributed by atoms with Gasteiger partial charge in [0.2, 0.25) is 5.60 Å². The second-order valence-corrected chi connectivity index (χ2v) is 9.58. The Morgan fingerprint density at radius 3 is 2.26 bits per heavy atom. The van der Waals surface area contributed by atoms with Crippen LogP contribution in [0.15, 0.2) is 72.8 Å². The van der Waals surface area contributed by atoms with Gasteiger partial charge in [-0.05, 0) is 61.6 Å². The Bertz CT molecular complexity index is 1440. The number of likely N-dealkylation sites (tertiary alicyclic amines) is 1. The first kappa shape index (κ1) is 25.9. The Morgan fingerprint density at radius 1 is 1.00 bits per heavy atom. The number of rotatable bonds is 5. The highest BCUT2D eigenvalue weighted by molar-refractivity contribution is 5.97. The van der Waals surface area contributed by atoms with Gasteiger partial charge in [0.15, 0.2) is 5.82 Å². The van der Waals surface area contributed by atoms with Gasteiger partial charge in [-0.2, -0.15) is 13.2 Å². The summed E-state index contributed by atoms with van der Waals surface area (Å²) in [6.45, 7) is 2.85. The number of hydrogen-bond acceptors (Lipinski definition) is 3. The Morgan fingerprint density at radius 2 is 1.66 bits per heavy atom. The number of halogens is 4. The summed E-state index contributed by atoms with van der Waals surface area (Å²) in [6.07, 6.45) is -3.49. The predicted octanol–water partition coefficient (Wildman–Crippen LogP) is 6.01. The standard InChI is InChI=1S/C29H27F4N3O2/c1-2-36-25-18-21(26(37)35-16-14-20(15-17-35)19-6-4-3-5-7-19)8-13-24(25)34-27(36)28(38,29(31,32)33)22-9-11-23(30)12-10-22/h3-13,18,20,38H,2,14-17H2,1H3. The second kappa shape index (κ2) is 9.87. The highest BCUT2D eigenvalue weighted by atomic mass is 19.4. The molecule has 0 spiro atoms. The zero-order chi connectivity index (χ0) is 27.1. The fraction of sp³-hybridized carbons (Fsp3) is 0.310. The zero-order valence-corrected chi connectivity index (χ0v) is 20.8. The normalized spacial score (nSPS) is 16.5. The van der Waals surface area contributed by atoms with Crippen molar-refractivity contribution < 1.29 is 27.5 Å². The molecule has 1 N–H and O–H groups in total. The van der Waals surface area contributed by atoms with Crippen LogP contribution in [0.1, 0.15) is 53.0 Å². The number of imidazole rings is 1. The van der Waals surface area contributed by atoms with Crippen LogP contribution >= 0.6 is 0 Å². The lowest BCUT2D eigenvalue weighted by atomic mass is 9.89. The average Bonchev–Trinajstić information content (AvgIpc) is 3.31. The zero-order valence-electron chi connectivity index (χ0n) is 20.8. The molecule has 1 fully saturated rings. The van der Waals surface area contributed by atoms with Crippen molar-refractivity contribution in [1.29, 1.82) is 0 Å². The van der Waals surface area contributed by atoms with Gasteiger partial charge in [0.1, 0.15) is 5.82 Å². The molecule has 0 aliphatic carbocycles. The molecule has 5 nitrogen and oxygen atoms in total. The maximum Gasteiger partial charge on any atom is 0.428 e. The van der Waals surface area contributed by atoms with Crippen molar-refractivity contribution in [2.45, 2.75) is 44.0 Å². The van der Waals surface area contributed by atoms with Crippen molar-refractivity contribution in [2.24, 2.45) is 0 Å². The van der Waals surface area contributed by atoms with E-state index in [9.17, 15) is 27.5 Å². The van der Waals surface area contributed by atoms with Gasteiger partial charge in [-0.3, -0.25) is 4.79 Å². The van der Waals surface area contributed by atoms with Crippen LogP contribution < -0.4 is 0 Å². The number of aliphatic hydroxyl groups is 1. The number of alkyl halides is 3. The summed E-state index contributed by atoms with van der Waals surface area (Å²) in [5.74, 6) is -1.19. The van der Waals surface area contributed by atoms with E-state index in [-0.39, 0.29) is 18.0 Å². The summed E-state index contributed by atoms with van der Waals surface area (Å²) in [7, 11) is 0. The van der Waals surface area contributed by atoms with E-state index in [1.165, 1.54) is 22.3 Å². The molecule has 1 unspecified atom stereocenters. The Balaban J connectivity index is 1.47. The van der Waals surface area contributed by atoms with E-state index in [1.54, 1.807) is 17.9 Å². The van der Waals surface area contributed by atoms with Crippen molar-refractivity contribution in [2.75, 3.05) is 13.1 Å². The van der Waals surface area contributed by atoms with Gasteiger partial charge < -0.3 is 14.6 Å². The Kier molecular flexibility index (Phi) is 6.73. The molecule has 0 saturated carbocycles. The van der Waals surface area contributed by atoms with E-state index in [2.05, 4.69) is 17.1 Å². The molecule has 3 aromatic carbocycles. The number of nitrogens with zero attached hydrogens (tertiary/aromatic N) is 3. The van der Waals surface area contributed by atoms with E-state index in [0.29, 0.717) is 30.1 Å². The molecule has 1 saturated heterocycles. The average molecular weight is 526 g/mol. The summed E-state index contributed by atoms with van der Waals surface area (Å²) in [6, 6.07) is 18.3. The molecule has 5 rings (SSSR count). The molecule has 1 aliphatic rings. The fourth-order valence-corrected chi connectivity index (χ4v) is 5.29. The Hall–Kier alpha value is -3.72. The van der Waals surface area contributed by atoms with E-state index >= 15 is 0 Å².